The topological polar surface area (TPSA) is 95.6 Å². The molecule has 3 aromatic rings. The van der Waals surface area contributed by atoms with E-state index in [4.69, 9.17) is 4.74 Å². The lowest BCUT2D eigenvalue weighted by Crippen LogP contribution is -2.57. The maximum absolute atomic E-state index is 13.0. The van der Waals surface area contributed by atoms with Crippen LogP contribution in [0.4, 0.5) is 5.69 Å². The minimum atomic E-state index is -0.566. The molecule has 1 saturated heterocycles. The smallest absolute Gasteiger partial charge is 0.280 e. The van der Waals surface area contributed by atoms with Crippen LogP contribution in [0.3, 0.4) is 0 Å². The molecule has 29 heavy (non-hydrogen) atoms. The van der Waals surface area contributed by atoms with Gasteiger partial charge in [0.1, 0.15) is 12.3 Å². The van der Waals surface area contributed by atoms with Gasteiger partial charge in [0.2, 0.25) is 5.91 Å². The van der Waals surface area contributed by atoms with Crippen molar-refractivity contribution in [2.75, 3.05) is 25.1 Å². The van der Waals surface area contributed by atoms with Gasteiger partial charge in [0.25, 0.3) is 11.5 Å². The molecule has 148 valence electrons. The van der Waals surface area contributed by atoms with Crippen molar-refractivity contribution in [3.63, 3.8) is 0 Å². The Kier molecular flexibility index (Phi) is 4.75. The Morgan fingerprint density at radius 1 is 1.17 bits per heavy atom. The molecule has 0 spiro atoms. The summed E-state index contributed by atoms with van der Waals surface area (Å²) in [5.74, 6) is -0.140. The number of hydrogen-bond acceptors (Lipinski definition) is 5. The Morgan fingerprint density at radius 3 is 2.76 bits per heavy atom. The van der Waals surface area contributed by atoms with Gasteiger partial charge in [0.15, 0.2) is 5.69 Å². The van der Waals surface area contributed by atoms with Gasteiger partial charge in [0, 0.05) is 24.3 Å². The third-order valence-electron chi connectivity index (χ3n) is 5.01. The van der Waals surface area contributed by atoms with Crippen LogP contribution in [0.15, 0.2) is 53.3 Å². The van der Waals surface area contributed by atoms with Gasteiger partial charge in [-0.25, -0.2) is 4.98 Å². The summed E-state index contributed by atoms with van der Waals surface area (Å²) in [6.07, 6.45) is 0. The number of amides is 2. The Balaban J connectivity index is 1.61. The van der Waals surface area contributed by atoms with E-state index >= 15 is 0 Å². The maximum atomic E-state index is 13.0. The number of para-hydroxylation sites is 2. The van der Waals surface area contributed by atoms with Crippen LogP contribution < -0.4 is 15.2 Å². The predicted molar refractivity (Wildman–Crippen MR) is 108 cm³/mol. The fraction of sp³-hybridized carbons (Fsp3) is 0.238. The second-order valence-electron chi connectivity index (χ2n) is 6.92. The standard InChI is InChI=1S/C21H20N4O4/c1-13-11-25(14-6-5-7-15(10-14)29-2)18(26)12-24(13)21(28)19-20(27)23-17-9-4-3-8-16(17)22-19/h3-10,13H,11-12H2,1-2H3,(H,23,27). The number of piperazine rings is 1. The molecule has 0 aliphatic carbocycles. The van der Waals surface area contributed by atoms with Crippen LogP contribution in [0.25, 0.3) is 11.0 Å². The van der Waals surface area contributed by atoms with E-state index in [1.165, 1.54) is 4.90 Å². The molecular weight excluding hydrogens is 372 g/mol. The van der Waals surface area contributed by atoms with Crippen LogP contribution in [-0.4, -0.2) is 52.9 Å². The van der Waals surface area contributed by atoms with Gasteiger partial charge in [-0.1, -0.05) is 18.2 Å². The van der Waals surface area contributed by atoms with Crippen molar-refractivity contribution in [1.82, 2.24) is 14.9 Å². The number of methoxy groups -OCH3 is 1. The van der Waals surface area contributed by atoms with Crippen LogP contribution in [0.2, 0.25) is 0 Å². The molecule has 1 N–H and O–H groups in total. The molecule has 2 aromatic carbocycles. The lowest BCUT2D eigenvalue weighted by Gasteiger charge is -2.39. The first-order chi connectivity index (χ1) is 14.0. The van der Waals surface area contributed by atoms with Crippen molar-refractivity contribution in [3.05, 3.63) is 64.6 Å². The summed E-state index contributed by atoms with van der Waals surface area (Å²) in [5.41, 5.74) is 1.00. The molecule has 8 nitrogen and oxygen atoms in total. The molecule has 2 heterocycles. The van der Waals surface area contributed by atoms with Gasteiger partial charge in [-0.2, -0.15) is 0 Å². The van der Waals surface area contributed by atoms with Crippen molar-refractivity contribution in [2.45, 2.75) is 13.0 Å². The number of carbonyl (C=O) groups is 2. The zero-order valence-corrected chi connectivity index (χ0v) is 16.1. The SMILES string of the molecule is COc1cccc(N2CC(C)N(C(=O)c3nc4ccccc4[nH]c3=O)CC2=O)c1. The zero-order chi connectivity index (χ0) is 20.5. The summed E-state index contributed by atoms with van der Waals surface area (Å²) in [6.45, 7) is 2.02. The summed E-state index contributed by atoms with van der Waals surface area (Å²) < 4.78 is 5.22. The average molecular weight is 392 g/mol. The fourth-order valence-corrected chi connectivity index (χ4v) is 3.46. The number of H-pyrrole nitrogens is 1. The zero-order valence-electron chi connectivity index (χ0n) is 16.1. The summed E-state index contributed by atoms with van der Waals surface area (Å²) >= 11 is 0. The molecule has 0 saturated carbocycles. The number of aromatic amines is 1. The normalized spacial score (nSPS) is 16.9. The highest BCUT2D eigenvalue weighted by atomic mass is 16.5. The van der Waals surface area contributed by atoms with Crippen LogP contribution >= 0.6 is 0 Å². The summed E-state index contributed by atoms with van der Waals surface area (Å²) in [7, 11) is 1.56. The van der Waals surface area contributed by atoms with E-state index < -0.39 is 11.5 Å². The summed E-state index contributed by atoms with van der Waals surface area (Å²) in [5, 5.41) is 0. The van der Waals surface area contributed by atoms with E-state index in [-0.39, 0.29) is 24.2 Å². The second-order valence-corrected chi connectivity index (χ2v) is 6.92. The molecule has 1 atom stereocenters. The van der Waals surface area contributed by atoms with E-state index in [1.807, 2.05) is 19.1 Å². The highest BCUT2D eigenvalue weighted by Crippen LogP contribution is 2.24. The number of hydrogen-bond donors (Lipinski definition) is 1. The molecule has 4 rings (SSSR count). The van der Waals surface area contributed by atoms with Crippen LogP contribution in [-0.2, 0) is 4.79 Å². The van der Waals surface area contributed by atoms with Gasteiger partial charge >= 0.3 is 0 Å². The van der Waals surface area contributed by atoms with Gasteiger partial charge in [-0.3, -0.25) is 14.4 Å². The average Bonchev–Trinajstić information content (AvgIpc) is 2.74. The lowest BCUT2D eigenvalue weighted by atomic mass is 10.1. The van der Waals surface area contributed by atoms with Crippen molar-refractivity contribution >= 4 is 28.5 Å². The van der Waals surface area contributed by atoms with E-state index in [2.05, 4.69) is 9.97 Å². The monoisotopic (exact) mass is 392 g/mol. The minimum absolute atomic E-state index is 0.134. The molecule has 0 radical (unpaired) electrons. The highest BCUT2D eigenvalue weighted by molar-refractivity contribution is 6.01. The number of nitrogens with one attached hydrogen (secondary N) is 1. The summed E-state index contributed by atoms with van der Waals surface area (Å²) in [6, 6.07) is 13.9. The third-order valence-corrected chi connectivity index (χ3v) is 5.01. The number of anilines is 1. The number of ether oxygens (including phenoxy) is 1. The fourth-order valence-electron chi connectivity index (χ4n) is 3.46. The van der Waals surface area contributed by atoms with Crippen molar-refractivity contribution in [3.8, 4) is 5.75 Å². The van der Waals surface area contributed by atoms with E-state index in [0.29, 0.717) is 29.0 Å². The van der Waals surface area contributed by atoms with Gasteiger partial charge in [0.05, 0.1) is 18.1 Å². The third kappa shape index (κ3) is 3.44. The minimum Gasteiger partial charge on any atom is -0.497 e. The number of aromatic nitrogens is 2. The Labute approximate surface area is 166 Å². The first kappa shape index (κ1) is 18.7. The highest BCUT2D eigenvalue weighted by Gasteiger charge is 2.35. The molecule has 1 aliphatic heterocycles. The number of benzene rings is 2. The van der Waals surface area contributed by atoms with Crippen molar-refractivity contribution in [2.24, 2.45) is 0 Å². The number of carbonyl (C=O) groups excluding carboxylic acids is 2. The van der Waals surface area contributed by atoms with E-state index in [9.17, 15) is 14.4 Å². The summed E-state index contributed by atoms with van der Waals surface area (Å²) in [4.78, 5) is 48.1. The van der Waals surface area contributed by atoms with Crippen LogP contribution in [0.5, 0.6) is 5.75 Å². The van der Waals surface area contributed by atoms with Crippen molar-refractivity contribution in [1.29, 1.82) is 0 Å². The maximum Gasteiger partial charge on any atom is 0.280 e. The largest absolute Gasteiger partial charge is 0.497 e. The quantitative estimate of drug-likeness (QED) is 0.733. The Bertz CT molecular complexity index is 1160. The molecule has 0 bridgehead atoms. The second kappa shape index (κ2) is 7.38. The molecule has 1 aromatic heterocycles. The first-order valence-electron chi connectivity index (χ1n) is 9.22. The van der Waals surface area contributed by atoms with Gasteiger partial charge in [-0.05, 0) is 31.2 Å². The van der Waals surface area contributed by atoms with Crippen molar-refractivity contribution < 1.29 is 14.3 Å². The number of rotatable bonds is 3. The van der Waals surface area contributed by atoms with E-state index in [1.54, 1.807) is 48.4 Å². The van der Waals surface area contributed by atoms with Crippen LogP contribution in [0.1, 0.15) is 17.4 Å². The molecule has 1 unspecified atom stereocenters. The van der Waals surface area contributed by atoms with Crippen LogP contribution in [0, 0.1) is 0 Å². The Morgan fingerprint density at radius 2 is 1.97 bits per heavy atom. The molecule has 1 aliphatic rings. The predicted octanol–water partition coefficient (Wildman–Crippen LogP) is 1.81. The van der Waals surface area contributed by atoms with Gasteiger partial charge < -0.3 is 19.5 Å². The molecule has 8 heteroatoms. The molecular formula is C21H20N4O4. The number of fused-ring (bicyclic) bond motifs is 1. The van der Waals surface area contributed by atoms with E-state index in [0.717, 1.165) is 0 Å². The molecule has 1 fully saturated rings. The molecule has 2 amide bonds. The Hall–Kier alpha value is -3.68. The lowest BCUT2D eigenvalue weighted by molar-refractivity contribution is -0.121. The first-order valence-corrected chi connectivity index (χ1v) is 9.22. The van der Waals surface area contributed by atoms with Gasteiger partial charge in [-0.15, -0.1) is 0 Å². The number of nitrogens with zero attached hydrogens (tertiary/aromatic N) is 3.